The summed E-state index contributed by atoms with van der Waals surface area (Å²) in [7, 11) is 0. The molecule has 0 aliphatic heterocycles. The van der Waals surface area contributed by atoms with Crippen LogP contribution in [0.5, 0.6) is 0 Å². The standard InChI is InChI=1S/C22H21FN6O2/c23-13-8-14-15(10-25-19(14)24-9-13)20-27-21(16-2-1-7-29(16)28-20)26-18-12-5-3-11(4-6-12)17(18)22(30)31/h1-2,7-12,17-18H,3-6H2,(H,24,25)(H,30,31)(H,26,27,28). The van der Waals surface area contributed by atoms with Gasteiger partial charge in [-0.05, 0) is 55.7 Å². The Bertz CT molecular complexity index is 1310. The van der Waals surface area contributed by atoms with Crippen molar-refractivity contribution in [2.75, 3.05) is 5.32 Å². The van der Waals surface area contributed by atoms with Gasteiger partial charge in [0, 0.05) is 29.4 Å². The molecule has 3 N–H and O–H groups in total. The zero-order valence-corrected chi connectivity index (χ0v) is 16.6. The van der Waals surface area contributed by atoms with Crippen LogP contribution in [0.15, 0.2) is 36.8 Å². The summed E-state index contributed by atoms with van der Waals surface area (Å²) < 4.78 is 15.5. The molecule has 9 heteroatoms. The van der Waals surface area contributed by atoms with Crippen molar-refractivity contribution < 1.29 is 14.3 Å². The van der Waals surface area contributed by atoms with Crippen LogP contribution in [-0.4, -0.2) is 41.7 Å². The number of halogens is 1. The van der Waals surface area contributed by atoms with Crippen LogP contribution in [0.25, 0.3) is 27.9 Å². The molecule has 3 fully saturated rings. The van der Waals surface area contributed by atoms with E-state index in [1.807, 2.05) is 18.3 Å². The number of pyridine rings is 1. The minimum atomic E-state index is -0.745. The van der Waals surface area contributed by atoms with Gasteiger partial charge in [0.05, 0.1) is 12.1 Å². The fourth-order valence-electron chi connectivity index (χ4n) is 5.49. The van der Waals surface area contributed by atoms with Crippen molar-refractivity contribution in [2.24, 2.45) is 17.8 Å². The summed E-state index contributed by atoms with van der Waals surface area (Å²) in [6.07, 6.45) is 8.72. The van der Waals surface area contributed by atoms with E-state index in [9.17, 15) is 14.3 Å². The first kappa shape index (κ1) is 18.3. The number of hydrogen-bond acceptors (Lipinski definition) is 5. The van der Waals surface area contributed by atoms with E-state index in [-0.39, 0.29) is 12.0 Å². The molecule has 0 radical (unpaired) electrons. The van der Waals surface area contributed by atoms with Crippen LogP contribution in [0, 0.1) is 23.6 Å². The first-order valence-corrected chi connectivity index (χ1v) is 10.6. The lowest BCUT2D eigenvalue weighted by molar-refractivity contribution is -0.148. The second kappa shape index (κ2) is 6.76. The maximum atomic E-state index is 13.8. The van der Waals surface area contributed by atoms with E-state index in [0.717, 1.165) is 37.4 Å². The molecule has 8 nitrogen and oxygen atoms in total. The van der Waals surface area contributed by atoms with Crippen molar-refractivity contribution >= 4 is 28.3 Å². The summed E-state index contributed by atoms with van der Waals surface area (Å²) >= 11 is 0. The van der Waals surface area contributed by atoms with E-state index in [2.05, 4.69) is 20.4 Å². The van der Waals surface area contributed by atoms with E-state index in [1.54, 1.807) is 10.7 Å². The van der Waals surface area contributed by atoms with Gasteiger partial charge in [-0.25, -0.2) is 18.9 Å². The van der Waals surface area contributed by atoms with Crippen LogP contribution in [0.4, 0.5) is 10.2 Å². The number of hydrogen-bond donors (Lipinski definition) is 3. The Labute approximate surface area is 176 Å². The first-order chi connectivity index (χ1) is 15.1. The van der Waals surface area contributed by atoms with Crippen molar-refractivity contribution in [3.63, 3.8) is 0 Å². The second-order valence-electron chi connectivity index (χ2n) is 8.58. The Balaban J connectivity index is 1.46. The second-order valence-corrected chi connectivity index (χ2v) is 8.58. The zero-order valence-electron chi connectivity index (χ0n) is 16.6. The minimum absolute atomic E-state index is 0.173. The molecule has 2 bridgehead atoms. The van der Waals surface area contributed by atoms with Crippen molar-refractivity contribution in [1.82, 2.24) is 24.6 Å². The van der Waals surface area contributed by atoms with E-state index in [4.69, 9.17) is 4.98 Å². The molecule has 4 aromatic rings. The molecule has 2 unspecified atom stereocenters. The summed E-state index contributed by atoms with van der Waals surface area (Å²) in [5, 5.41) is 18.6. The summed E-state index contributed by atoms with van der Waals surface area (Å²) in [6, 6.07) is 5.01. The summed E-state index contributed by atoms with van der Waals surface area (Å²) in [5.41, 5.74) is 1.97. The van der Waals surface area contributed by atoms with Crippen molar-refractivity contribution in [3.05, 3.63) is 42.6 Å². The molecule has 3 saturated carbocycles. The van der Waals surface area contributed by atoms with Crippen molar-refractivity contribution in [1.29, 1.82) is 0 Å². The fraction of sp³-hybridized carbons (Fsp3) is 0.364. The van der Waals surface area contributed by atoms with Crippen LogP contribution in [0.3, 0.4) is 0 Å². The Kier molecular flexibility index (Phi) is 3.99. The average molecular weight is 420 g/mol. The van der Waals surface area contributed by atoms with Crippen LogP contribution in [0.2, 0.25) is 0 Å². The number of aromatic nitrogens is 5. The third-order valence-electron chi connectivity index (χ3n) is 6.94. The van der Waals surface area contributed by atoms with E-state index >= 15 is 0 Å². The highest BCUT2D eigenvalue weighted by molar-refractivity contribution is 5.92. The molecule has 4 aromatic heterocycles. The Morgan fingerprint density at radius 1 is 1.26 bits per heavy atom. The highest BCUT2D eigenvalue weighted by Gasteiger charge is 2.47. The third kappa shape index (κ3) is 2.87. The lowest BCUT2D eigenvalue weighted by Crippen LogP contribution is -2.51. The van der Waals surface area contributed by atoms with Crippen LogP contribution in [0.1, 0.15) is 25.7 Å². The largest absolute Gasteiger partial charge is 0.481 e. The number of nitrogens with one attached hydrogen (secondary N) is 2. The number of H-pyrrole nitrogens is 1. The van der Waals surface area contributed by atoms with E-state index < -0.39 is 17.7 Å². The zero-order chi connectivity index (χ0) is 21.1. The number of carboxylic acids is 1. The maximum absolute atomic E-state index is 13.8. The van der Waals surface area contributed by atoms with E-state index in [1.165, 1.54) is 6.07 Å². The topological polar surface area (TPSA) is 108 Å². The smallest absolute Gasteiger partial charge is 0.308 e. The lowest BCUT2D eigenvalue weighted by Gasteiger charge is -2.47. The number of anilines is 1. The van der Waals surface area contributed by atoms with Gasteiger partial charge >= 0.3 is 5.97 Å². The molecule has 0 saturated heterocycles. The normalized spacial score (nSPS) is 25.3. The van der Waals surface area contributed by atoms with Crippen LogP contribution in [-0.2, 0) is 4.79 Å². The van der Waals surface area contributed by atoms with Gasteiger partial charge in [-0.2, -0.15) is 0 Å². The van der Waals surface area contributed by atoms with Gasteiger partial charge < -0.3 is 15.4 Å². The van der Waals surface area contributed by atoms with Crippen molar-refractivity contribution in [2.45, 2.75) is 31.7 Å². The summed E-state index contributed by atoms with van der Waals surface area (Å²) in [6.45, 7) is 0. The number of nitrogens with zero attached hydrogens (tertiary/aromatic N) is 4. The lowest BCUT2D eigenvalue weighted by atomic mass is 9.61. The van der Waals surface area contributed by atoms with Gasteiger partial charge in [0.15, 0.2) is 11.6 Å². The fourth-order valence-corrected chi connectivity index (χ4v) is 5.49. The number of aliphatic carboxylic acids is 1. The number of fused-ring (bicyclic) bond motifs is 5. The Morgan fingerprint density at radius 2 is 2.06 bits per heavy atom. The molecular formula is C22H21FN6O2. The van der Waals surface area contributed by atoms with E-state index in [0.29, 0.717) is 34.2 Å². The molecule has 2 atom stereocenters. The predicted molar refractivity (Wildman–Crippen MR) is 112 cm³/mol. The van der Waals surface area contributed by atoms with Gasteiger partial charge in [0.25, 0.3) is 0 Å². The molecule has 0 spiro atoms. The molecule has 3 aliphatic carbocycles. The Hall–Kier alpha value is -3.49. The highest BCUT2D eigenvalue weighted by Crippen LogP contribution is 2.46. The number of carboxylic acid groups (broad SMARTS) is 1. The van der Waals surface area contributed by atoms with Gasteiger partial charge in [0.2, 0.25) is 0 Å². The molecular weight excluding hydrogens is 399 g/mol. The van der Waals surface area contributed by atoms with Crippen LogP contribution < -0.4 is 5.32 Å². The predicted octanol–water partition coefficient (Wildman–Crippen LogP) is 3.71. The van der Waals surface area contributed by atoms with Gasteiger partial charge in [0.1, 0.15) is 17.0 Å². The maximum Gasteiger partial charge on any atom is 0.308 e. The summed E-state index contributed by atoms with van der Waals surface area (Å²) in [4.78, 5) is 23.9. The number of aromatic amines is 1. The SMILES string of the molecule is O=C(O)C1C2CCC(CC2)C1Nc1nc(-c2c[nH]c3ncc(F)cc23)nn2cccc12. The van der Waals surface area contributed by atoms with Gasteiger partial charge in [-0.15, -0.1) is 5.10 Å². The third-order valence-corrected chi connectivity index (χ3v) is 6.94. The van der Waals surface area contributed by atoms with Gasteiger partial charge in [-0.3, -0.25) is 4.79 Å². The van der Waals surface area contributed by atoms with Crippen LogP contribution >= 0.6 is 0 Å². The molecule has 158 valence electrons. The quantitative estimate of drug-likeness (QED) is 0.464. The molecule has 3 aliphatic rings. The average Bonchev–Trinajstić information content (AvgIpc) is 3.41. The van der Waals surface area contributed by atoms with Crippen molar-refractivity contribution in [3.8, 4) is 11.4 Å². The molecule has 31 heavy (non-hydrogen) atoms. The summed E-state index contributed by atoms with van der Waals surface area (Å²) in [5.74, 6) is -0.0813. The Morgan fingerprint density at radius 3 is 2.87 bits per heavy atom. The molecule has 7 rings (SSSR count). The monoisotopic (exact) mass is 420 g/mol. The highest BCUT2D eigenvalue weighted by atomic mass is 19.1. The first-order valence-electron chi connectivity index (χ1n) is 10.6. The molecule has 0 aromatic carbocycles. The molecule has 4 heterocycles. The minimum Gasteiger partial charge on any atom is -0.481 e. The van der Waals surface area contributed by atoms with Gasteiger partial charge in [-0.1, -0.05) is 0 Å². The number of rotatable bonds is 4. The number of carbonyl (C=O) groups is 1. The molecule has 0 amide bonds.